The molecule has 0 amide bonds. The summed E-state index contributed by atoms with van der Waals surface area (Å²) >= 11 is 1.60. The Bertz CT molecular complexity index is 347. The molecule has 0 aliphatic carbocycles. The van der Waals surface area contributed by atoms with E-state index in [-0.39, 0.29) is 12.4 Å². The van der Waals surface area contributed by atoms with E-state index in [4.69, 9.17) is 4.74 Å². The van der Waals surface area contributed by atoms with Gasteiger partial charge in [-0.15, -0.1) is 11.3 Å². The van der Waals surface area contributed by atoms with Crippen LogP contribution in [0.15, 0.2) is 5.38 Å². The molecule has 82 valence electrons. The van der Waals surface area contributed by atoms with Gasteiger partial charge in [-0.25, -0.2) is 4.98 Å². The molecule has 1 fully saturated rings. The van der Waals surface area contributed by atoms with Gasteiger partial charge < -0.3 is 9.64 Å². The zero-order chi connectivity index (χ0) is 10.7. The summed E-state index contributed by atoms with van der Waals surface area (Å²) in [5, 5.41) is 2.96. The van der Waals surface area contributed by atoms with Gasteiger partial charge in [0.15, 0.2) is 5.13 Å². The van der Waals surface area contributed by atoms with Crippen LogP contribution in [0.25, 0.3) is 0 Å². The van der Waals surface area contributed by atoms with Crippen molar-refractivity contribution < 1.29 is 9.53 Å². The van der Waals surface area contributed by atoms with E-state index in [9.17, 15) is 4.79 Å². The van der Waals surface area contributed by atoms with Gasteiger partial charge in [-0.2, -0.15) is 0 Å². The molecule has 0 unspecified atom stereocenters. The molecule has 0 aromatic carbocycles. The van der Waals surface area contributed by atoms with Gasteiger partial charge in [0, 0.05) is 18.5 Å². The van der Waals surface area contributed by atoms with E-state index in [1.54, 1.807) is 11.3 Å². The number of esters is 1. The Morgan fingerprint density at radius 3 is 3.07 bits per heavy atom. The molecule has 1 aliphatic rings. The van der Waals surface area contributed by atoms with E-state index in [1.165, 1.54) is 6.42 Å². The lowest BCUT2D eigenvalue weighted by Gasteiger charge is -2.30. The summed E-state index contributed by atoms with van der Waals surface area (Å²) in [4.78, 5) is 17.8. The number of rotatable bonds is 4. The number of nitrogens with zero attached hydrogens (tertiary/aromatic N) is 2. The first kappa shape index (κ1) is 10.4. The van der Waals surface area contributed by atoms with E-state index in [0.29, 0.717) is 6.61 Å². The van der Waals surface area contributed by atoms with Gasteiger partial charge in [0.2, 0.25) is 0 Å². The van der Waals surface area contributed by atoms with Crippen LogP contribution >= 0.6 is 11.3 Å². The van der Waals surface area contributed by atoms with Crippen LogP contribution in [-0.4, -0.2) is 30.6 Å². The van der Waals surface area contributed by atoms with Crippen molar-refractivity contribution in [3.05, 3.63) is 11.1 Å². The zero-order valence-corrected chi connectivity index (χ0v) is 9.55. The standard InChI is InChI=1S/C10H14N2O2S/c1-2-14-9(13)6-8-7-15-10(11-8)12-4-3-5-12/h7H,2-6H2,1H3. The number of ether oxygens (including phenoxy) is 1. The predicted molar refractivity (Wildman–Crippen MR) is 59.3 cm³/mol. The molecule has 0 radical (unpaired) electrons. The number of anilines is 1. The number of hydrogen-bond acceptors (Lipinski definition) is 5. The highest BCUT2D eigenvalue weighted by Crippen LogP contribution is 2.24. The molecule has 0 bridgehead atoms. The number of carbonyl (C=O) groups is 1. The molecule has 1 aromatic heterocycles. The Morgan fingerprint density at radius 1 is 1.67 bits per heavy atom. The topological polar surface area (TPSA) is 42.4 Å². The Labute approximate surface area is 92.9 Å². The van der Waals surface area contributed by atoms with Crippen LogP contribution in [-0.2, 0) is 16.0 Å². The second kappa shape index (κ2) is 4.61. The van der Waals surface area contributed by atoms with Crippen LogP contribution in [0.2, 0.25) is 0 Å². The quantitative estimate of drug-likeness (QED) is 0.729. The summed E-state index contributed by atoms with van der Waals surface area (Å²) < 4.78 is 4.87. The number of carbonyl (C=O) groups excluding carboxylic acids is 1. The van der Waals surface area contributed by atoms with Crippen LogP contribution < -0.4 is 4.90 Å². The average molecular weight is 226 g/mol. The van der Waals surface area contributed by atoms with E-state index < -0.39 is 0 Å². The molecule has 4 nitrogen and oxygen atoms in total. The third-order valence-electron chi connectivity index (χ3n) is 2.30. The second-order valence-corrected chi connectivity index (χ2v) is 4.28. The fourth-order valence-corrected chi connectivity index (χ4v) is 2.27. The monoisotopic (exact) mass is 226 g/mol. The Kier molecular flexibility index (Phi) is 3.20. The fraction of sp³-hybridized carbons (Fsp3) is 0.600. The summed E-state index contributed by atoms with van der Waals surface area (Å²) in [6.45, 7) is 4.42. The van der Waals surface area contributed by atoms with Gasteiger partial charge in [-0.1, -0.05) is 0 Å². The third kappa shape index (κ3) is 2.47. The summed E-state index contributed by atoms with van der Waals surface area (Å²) in [6.07, 6.45) is 1.53. The van der Waals surface area contributed by atoms with Crippen LogP contribution in [0.4, 0.5) is 5.13 Å². The highest BCUT2D eigenvalue weighted by atomic mass is 32.1. The number of aromatic nitrogens is 1. The smallest absolute Gasteiger partial charge is 0.311 e. The zero-order valence-electron chi connectivity index (χ0n) is 8.73. The van der Waals surface area contributed by atoms with Crippen molar-refractivity contribution in [1.82, 2.24) is 4.98 Å². The largest absolute Gasteiger partial charge is 0.466 e. The molecular weight excluding hydrogens is 212 g/mol. The fourth-order valence-electron chi connectivity index (χ4n) is 1.39. The minimum atomic E-state index is -0.196. The van der Waals surface area contributed by atoms with Gasteiger partial charge in [-0.05, 0) is 13.3 Å². The van der Waals surface area contributed by atoms with Crippen molar-refractivity contribution in [3.63, 3.8) is 0 Å². The van der Waals surface area contributed by atoms with E-state index in [0.717, 1.165) is 23.9 Å². The molecule has 15 heavy (non-hydrogen) atoms. The van der Waals surface area contributed by atoms with E-state index >= 15 is 0 Å². The summed E-state index contributed by atoms with van der Waals surface area (Å²) in [5.41, 5.74) is 0.820. The van der Waals surface area contributed by atoms with Crippen LogP contribution in [0.5, 0.6) is 0 Å². The minimum Gasteiger partial charge on any atom is -0.466 e. The maximum Gasteiger partial charge on any atom is 0.311 e. The maximum absolute atomic E-state index is 11.2. The van der Waals surface area contributed by atoms with Crippen LogP contribution in [0.1, 0.15) is 19.0 Å². The van der Waals surface area contributed by atoms with Gasteiger partial charge in [0.05, 0.1) is 18.7 Å². The Balaban J connectivity index is 1.91. The van der Waals surface area contributed by atoms with Crippen molar-refractivity contribution in [2.75, 3.05) is 24.6 Å². The minimum absolute atomic E-state index is 0.196. The predicted octanol–water partition coefficient (Wildman–Crippen LogP) is 1.46. The Hall–Kier alpha value is -1.10. The van der Waals surface area contributed by atoms with Gasteiger partial charge in [-0.3, -0.25) is 4.79 Å². The molecule has 2 rings (SSSR count). The maximum atomic E-state index is 11.2. The first-order valence-corrected chi connectivity index (χ1v) is 6.02. The second-order valence-electron chi connectivity index (χ2n) is 3.44. The van der Waals surface area contributed by atoms with Gasteiger partial charge in [0.25, 0.3) is 0 Å². The van der Waals surface area contributed by atoms with Crippen LogP contribution in [0.3, 0.4) is 0 Å². The lowest BCUT2D eigenvalue weighted by molar-refractivity contribution is -0.142. The van der Waals surface area contributed by atoms with E-state index in [2.05, 4.69) is 9.88 Å². The molecule has 0 saturated carbocycles. The van der Waals surface area contributed by atoms with Gasteiger partial charge in [0.1, 0.15) is 0 Å². The van der Waals surface area contributed by atoms with Crippen LogP contribution in [0, 0.1) is 0 Å². The van der Waals surface area contributed by atoms with Crippen molar-refractivity contribution in [1.29, 1.82) is 0 Å². The highest BCUT2D eigenvalue weighted by molar-refractivity contribution is 7.13. The molecule has 0 atom stereocenters. The first-order chi connectivity index (χ1) is 7.29. The number of thiazole rings is 1. The molecule has 2 heterocycles. The third-order valence-corrected chi connectivity index (χ3v) is 3.25. The summed E-state index contributed by atoms with van der Waals surface area (Å²) in [6, 6.07) is 0. The SMILES string of the molecule is CCOC(=O)Cc1csc(N2CCC2)n1. The summed E-state index contributed by atoms with van der Waals surface area (Å²) in [7, 11) is 0. The van der Waals surface area contributed by atoms with Crippen molar-refractivity contribution in [2.45, 2.75) is 19.8 Å². The summed E-state index contributed by atoms with van der Waals surface area (Å²) in [5.74, 6) is -0.196. The lowest BCUT2D eigenvalue weighted by atomic mass is 10.2. The Morgan fingerprint density at radius 2 is 2.47 bits per heavy atom. The van der Waals surface area contributed by atoms with Crippen molar-refractivity contribution in [2.24, 2.45) is 0 Å². The molecule has 5 heteroatoms. The molecular formula is C10H14N2O2S. The average Bonchev–Trinajstić information content (AvgIpc) is 2.50. The molecule has 0 N–H and O–H groups in total. The number of hydrogen-bond donors (Lipinski definition) is 0. The normalized spacial score (nSPS) is 14.9. The molecule has 1 aromatic rings. The van der Waals surface area contributed by atoms with Crippen molar-refractivity contribution in [3.8, 4) is 0 Å². The van der Waals surface area contributed by atoms with E-state index in [1.807, 2.05) is 12.3 Å². The molecule has 0 spiro atoms. The van der Waals surface area contributed by atoms with Gasteiger partial charge >= 0.3 is 5.97 Å². The first-order valence-electron chi connectivity index (χ1n) is 5.14. The molecule has 1 aliphatic heterocycles. The van der Waals surface area contributed by atoms with Crippen molar-refractivity contribution >= 4 is 22.4 Å². The molecule has 1 saturated heterocycles. The lowest BCUT2D eigenvalue weighted by Crippen LogP contribution is -2.36. The highest BCUT2D eigenvalue weighted by Gasteiger charge is 2.18.